The van der Waals surface area contributed by atoms with Gasteiger partial charge in [-0.15, -0.1) is 0 Å². The van der Waals surface area contributed by atoms with Gasteiger partial charge in [-0.3, -0.25) is 10.2 Å². The molecule has 5 heteroatoms. The molecule has 0 saturated heterocycles. The molecule has 0 bridgehead atoms. The second-order valence-corrected chi connectivity index (χ2v) is 4.65. The highest BCUT2D eigenvalue weighted by molar-refractivity contribution is 5.77. The number of ether oxygens (including phenoxy) is 1. The molecule has 0 fully saturated rings. The lowest BCUT2D eigenvalue weighted by Gasteiger charge is -2.07. The first-order valence-corrected chi connectivity index (χ1v) is 6.61. The standard InChI is InChI=1S/C16H18N2O3/c17-18-16(20)9-12-1-3-14(4-2-12)11-21-15-7-5-13(10-19)6-8-15/h1-8,19H,9-11,17H2,(H,18,20). The van der Waals surface area contributed by atoms with Gasteiger partial charge in [0, 0.05) is 0 Å². The predicted molar refractivity (Wildman–Crippen MR) is 79.2 cm³/mol. The van der Waals surface area contributed by atoms with Crippen molar-refractivity contribution in [3.8, 4) is 5.75 Å². The van der Waals surface area contributed by atoms with Crippen LogP contribution in [-0.2, 0) is 24.4 Å². The first kappa shape index (κ1) is 15.0. The summed E-state index contributed by atoms with van der Waals surface area (Å²) in [6, 6.07) is 14.9. The summed E-state index contributed by atoms with van der Waals surface area (Å²) in [5, 5.41) is 8.97. The maximum atomic E-state index is 11.2. The average molecular weight is 286 g/mol. The topological polar surface area (TPSA) is 84.6 Å². The van der Waals surface area contributed by atoms with E-state index in [1.807, 2.05) is 48.5 Å². The van der Waals surface area contributed by atoms with E-state index in [2.05, 4.69) is 5.43 Å². The zero-order valence-electron chi connectivity index (χ0n) is 11.6. The van der Waals surface area contributed by atoms with Crippen molar-refractivity contribution in [2.45, 2.75) is 19.6 Å². The van der Waals surface area contributed by atoms with Crippen LogP contribution in [0.25, 0.3) is 0 Å². The van der Waals surface area contributed by atoms with Crippen LogP contribution in [0.1, 0.15) is 16.7 Å². The molecule has 5 nitrogen and oxygen atoms in total. The van der Waals surface area contributed by atoms with E-state index in [0.717, 1.165) is 22.4 Å². The fourth-order valence-electron chi connectivity index (χ4n) is 1.85. The number of hydrogen-bond donors (Lipinski definition) is 3. The molecule has 0 unspecified atom stereocenters. The van der Waals surface area contributed by atoms with E-state index in [-0.39, 0.29) is 18.9 Å². The largest absolute Gasteiger partial charge is 0.489 e. The van der Waals surface area contributed by atoms with Gasteiger partial charge in [-0.1, -0.05) is 36.4 Å². The van der Waals surface area contributed by atoms with Gasteiger partial charge in [0.1, 0.15) is 12.4 Å². The molecule has 0 aliphatic heterocycles. The molecule has 0 atom stereocenters. The lowest BCUT2D eigenvalue weighted by molar-refractivity contribution is -0.120. The van der Waals surface area contributed by atoms with Crippen LogP contribution in [0.3, 0.4) is 0 Å². The van der Waals surface area contributed by atoms with Crippen LogP contribution >= 0.6 is 0 Å². The highest BCUT2D eigenvalue weighted by atomic mass is 16.5. The van der Waals surface area contributed by atoms with Gasteiger partial charge in [-0.25, -0.2) is 5.84 Å². The molecule has 21 heavy (non-hydrogen) atoms. The van der Waals surface area contributed by atoms with Crippen LogP contribution in [0.15, 0.2) is 48.5 Å². The third kappa shape index (κ3) is 4.59. The summed E-state index contributed by atoms with van der Waals surface area (Å²) >= 11 is 0. The Hall–Kier alpha value is -2.37. The van der Waals surface area contributed by atoms with Crippen LogP contribution in [0.2, 0.25) is 0 Å². The maximum Gasteiger partial charge on any atom is 0.238 e. The molecule has 0 aliphatic rings. The Balaban J connectivity index is 1.89. The average Bonchev–Trinajstić information content (AvgIpc) is 2.54. The number of aliphatic hydroxyl groups excluding tert-OH is 1. The SMILES string of the molecule is NNC(=O)Cc1ccc(COc2ccc(CO)cc2)cc1. The highest BCUT2D eigenvalue weighted by Gasteiger charge is 2.02. The molecule has 0 aromatic heterocycles. The number of hydrogen-bond acceptors (Lipinski definition) is 4. The molecule has 2 rings (SSSR count). The smallest absolute Gasteiger partial charge is 0.238 e. The first-order valence-electron chi connectivity index (χ1n) is 6.61. The van der Waals surface area contributed by atoms with E-state index >= 15 is 0 Å². The van der Waals surface area contributed by atoms with Gasteiger partial charge < -0.3 is 9.84 Å². The van der Waals surface area contributed by atoms with E-state index in [9.17, 15) is 4.79 Å². The Morgan fingerprint density at radius 2 is 1.57 bits per heavy atom. The van der Waals surface area contributed by atoms with Gasteiger partial charge in [-0.05, 0) is 28.8 Å². The van der Waals surface area contributed by atoms with Crippen molar-refractivity contribution in [1.29, 1.82) is 0 Å². The molecule has 0 spiro atoms. The Morgan fingerprint density at radius 3 is 2.14 bits per heavy atom. The number of benzene rings is 2. The number of carbonyl (C=O) groups is 1. The lowest BCUT2D eigenvalue weighted by atomic mass is 10.1. The molecule has 1 amide bonds. The molecule has 4 N–H and O–H groups in total. The Morgan fingerprint density at radius 1 is 1.00 bits per heavy atom. The van der Waals surface area contributed by atoms with Gasteiger partial charge in [0.05, 0.1) is 13.0 Å². The molecule has 0 heterocycles. The van der Waals surface area contributed by atoms with Gasteiger partial charge in [-0.2, -0.15) is 0 Å². The fraction of sp³-hybridized carbons (Fsp3) is 0.188. The van der Waals surface area contributed by atoms with Crippen LogP contribution in [-0.4, -0.2) is 11.0 Å². The number of nitrogens with two attached hydrogens (primary N) is 1. The minimum absolute atomic E-state index is 0.0259. The number of amides is 1. The van der Waals surface area contributed by atoms with Crippen LogP contribution in [0.4, 0.5) is 0 Å². The summed E-state index contributed by atoms with van der Waals surface area (Å²) in [5.41, 5.74) is 4.86. The summed E-state index contributed by atoms with van der Waals surface area (Å²) in [7, 11) is 0. The van der Waals surface area contributed by atoms with Crippen molar-refractivity contribution >= 4 is 5.91 Å². The molecule has 0 aliphatic carbocycles. The fourth-order valence-corrected chi connectivity index (χ4v) is 1.85. The molecule has 0 saturated carbocycles. The molecule has 110 valence electrons. The Labute approximate surface area is 123 Å². The summed E-state index contributed by atoms with van der Waals surface area (Å²) in [6.07, 6.45) is 0.264. The van der Waals surface area contributed by atoms with Crippen molar-refractivity contribution in [1.82, 2.24) is 5.43 Å². The molecule has 2 aromatic rings. The lowest BCUT2D eigenvalue weighted by Crippen LogP contribution is -2.31. The third-order valence-corrected chi connectivity index (χ3v) is 3.06. The highest BCUT2D eigenvalue weighted by Crippen LogP contribution is 2.14. The van der Waals surface area contributed by atoms with Crippen molar-refractivity contribution in [2.75, 3.05) is 0 Å². The summed E-state index contributed by atoms with van der Waals surface area (Å²) in [4.78, 5) is 11.2. The second kappa shape index (κ2) is 7.42. The van der Waals surface area contributed by atoms with Gasteiger partial charge in [0.15, 0.2) is 0 Å². The zero-order valence-corrected chi connectivity index (χ0v) is 11.6. The third-order valence-electron chi connectivity index (χ3n) is 3.06. The van der Waals surface area contributed by atoms with Crippen molar-refractivity contribution in [3.63, 3.8) is 0 Å². The van der Waals surface area contributed by atoms with E-state index in [4.69, 9.17) is 15.7 Å². The number of aliphatic hydroxyl groups is 1. The molecular weight excluding hydrogens is 268 g/mol. The normalized spacial score (nSPS) is 10.2. The minimum atomic E-state index is -0.219. The predicted octanol–water partition coefficient (Wildman–Crippen LogP) is 1.29. The minimum Gasteiger partial charge on any atom is -0.489 e. The van der Waals surface area contributed by atoms with Crippen LogP contribution in [0.5, 0.6) is 5.75 Å². The quantitative estimate of drug-likeness (QED) is 0.424. The first-order chi connectivity index (χ1) is 10.2. The van der Waals surface area contributed by atoms with Crippen LogP contribution < -0.4 is 16.0 Å². The van der Waals surface area contributed by atoms with Gasteiger partial charge in [0.2, 0.25) is 5.91 Å². The number of hydrazine groups is 1. The summed E-state index contributed by atoms with van der Waals surface area (Å²) in [6.45, 7) is 0.472. The van der Waals surface area contributed by atoms with E-state index in [1.54, 1.807) is 0 Å². The monoisotopic (exact) mass is 286 g/mol. The van der Waals surface area contributed by atoms with Crippen molar-refractivity contribution in [3.05, 3.63) is 65.2 Å². The van der Waals surface area contributed by atoms with Gasteiger partial charge in [0.25, 0.3) is 0 Å². The maximum absolute atomic E-state index is 11.2. The molecular formula is C16H18N2O3. The van der Waals surface area contributed by atoms with E-state index in [0.29, 0.717) is 6.61 Å². The number of carbonyl (C=O) groups excluding carboxylic acids is 1. The van der Waals surface area contributed by atoms with Gasteiger partial charge >= 0.3 is 0 Å². The van der Waals surface area contributed by atoms with E-state index in [1.165, 1.54) is 0 Å². The zero-order chi connectivity index (χ0) is 15.1. The number of rotatable bonds is 6. The molecule has 2 aromatic carbocycles. The van der Waals surface area contributed by atoms with E-state index < -0.39 is 0 Å². The Kier molecular flexibility index (Phi) is 5.31. The summed E-state index contributed by atoms with van der Waals surface area (Å²) < 4.78 is 5.65. The second-order valence-electron chi connectivity index (χ2n) is 4.65. The van der Waals surface area contributed by atoms with Crippen LogP contribution in [0, 0.1) is 0 Å². The van der Waals surface area contributed by atoms with Crippen molar-refractivity contribution < 1.29 is 14.6 Å². The number of nitrogens with one attached hydrogen (secondary N) is 1. The Bertz CT molecular complexity index is 579. The molecule has 0 radical (unpaired) electrons. The summed E-state index contributed by atoms with van der Waals surface area (Å²) in [5.74, 6) is 5.58. The van der Waals surface area contributed by atoms with Crippen molar-refractivity contribution in [2.24, 2.45) is 5.84 Å².